The molecule has 0 aliphatic carbocycles. The monoisotopic (exact) mass is 299 g/mol. The van der Waals surface area contributed by atoms with Crippen LogP contribution in [0.4, 0.5) is 0 Å². The zero-order valence-corrected chi connectivity index (χ0v) is 12.6. The summed E-state index contributed by atoms with van der Waals surface area (Å²) in [5.41, 5.74) is 1.05. The molecule has 1 fully saturated rings. The Morgan fingerprint density at radius 3 is 2.73 bits per heavy atom. The van der Waals surface area contributed by atoms with Gasteiger partial charge >= 0.3 is 0 Å². The van der Waals surface area contributed by atoms with Crippen LogP contribution >= 0.6 is 0 Å². The first kappa shape index (κ1) is 14.7. The standard InChI is InChI=1S/C16H21N5O/c22-16(2-1-8-20-11-7-18-13-20)21-9-3-14(4-10-21)15-12-17-5-6-19-15/h5-7,11-14H,1-4,8-10H2. The lowest BCUT2D eigenvalue weighted by Crippen LogP contribution is -2.38. The number of aromatic nitrogens is 4. The lowest BCUT2D eigenvalue weighted by atomic mass is 9.93. The molecule has 2 aromatic rings. The molecule has 0 saturated carbocycles. The van der Waals surface area contributed by atoms with E-state index < -0.39 is 0 Å². The van der Waals surface area contributed by atoms with Crippen molar-refractivity contribution in [2.24, 2.45) is 0 Å². The SMILES string of the molecule is O=C(CCCn1ccnc1)N1CCC(c2cnccn2)CC1. The van der Waals surface area contributed by atoms with Gasteiger partial charge in [0.2, 0.25) is 5.91 Å². The van der Waals surface area contributed by atoms with Gasteiger partial charge in [-0.2, -0.15) is 0 Å². The molecule has 1 saturated heterocycles. The molecule has 0 bridgehead atoms. The minimum Gasteiger partial charge on any atom is -0.343 e. The molecule has 3 heterocycles. The summed E-state index contributed by atoms with van der Waals surface area (Å²) in [7, 11) is 0. The average molecular weight is 299 g/mol. The van der Waals surface area contributed by atoms with E-state index >= 15 is 0 Å². The Kier molecular flexibility index (Phi) is 4.78. The van der Waals surface area contributed by atoms with Crippen molar-refractivity contribution in [3.05, 3.63) is 43.0 Å². The van der Waals surface area contributed by atoms with Crippen LogP contribution in [-0.2, 0) is 11.3 Å². The highest BCUT2D eigenvalue weighted by Gasteiger charge is 2.24. The summed E-state index contributed by atoms with van der Waals surface area (Å²) < 4.78 is 2.01. The van der Waals surface area contributed by atoms with Crippen LogP contribution in [0.3, 0.4) is 0 Å². The van der Waals surface area contributed by atoms with Crippen molar-refractivity contribution in [1.82, 2.24) is 24.4 Å². The van der Waals surface area contributed by atoms with Crippen molar-refractivity contribution in [3.8, 4) is 0 Å². The average Bonchev–Trinajstić information content (AvgIpc) is 3.09. The second-order valence-electron chi connectivity index (χ2n) is 5.69. The van der Waals surface area contributed by atoms with E-state index in [9.17, 15) is 4.79 Å². The maximum Gasteiger partial charge on any atom is 0.222 e. The molecule has 0 N–H and O–H groups in total. The molecule has 1 amide bonds. The first-order chi connectivity index (χ1) is 10.8. The predicted octanol–water partition coefficient (Wildman–Crippen LogP) is 1.86. The van der Waals surface area contributed by atoms with Crippen LogP contribution in [0, 0.1) is 0 Å². The minimum absolute atomic E-state index is 0.262. The Morgan fingerprint density at radius 2 is 2.05 bits per heavy atom. The number of nitrogens with zero attached hydrogens (tertiary/aromatic N) is 5. The summed E-state index contributed by atoms with van der Waals surface area (Å²) in [6.45, 7) is 2.50. The Balaban J connectivity index is 1.42. The smallest absolute Gasteiger partial charge is 0.222 e. The maximum atomic E-state index is 12.2. The quantitative estimate of drug-likeness (QED) is 0.845. The number of hydrogen-bond donors (Lipinski definition) is 0. The van der Waals surface area contributed by atoms with Crippen molar-refractivity contribution in [3.63, 3.8) is 0 Å². The Labute approximate surface area is 130 Å². The van der Waals surface area contributed by atoms with E-state index in [4.69, 9.17) is 0 Å². The molecule has 6 heteroatoms. The molecule has 2 aromatic heterocycles. The van der Waals surface area contributed by atoms with Gasteiger partial charge in [-0.05, 0) is 19.3 Å². The number of imidazole rings is 1. The van der Waals surface area contributed by atoms with Gasteiger partial charge in [-0.25, -0.2) is 4.98 Å². The normalized spacial score (nSPS) is 15.9. The molecule has 0 atom stereocenters. The predicted molar refractivity (Wildman–Crippen MR) is 82.0 cm³/mol. The van der Waals surface area contributed by atoms with Gasteiger partial charge < -0.3 is 9.47 Å². The lowest BCUT2D eigenvalue weighted by molar-refractivity contribution is -0.132. The van der Waals surface area contributed by atoms with Crippen LogP contribution in [0.2, 0.25) is 0 Å². The van der Waals surface area contributed by atoms with Gasteiger partial charge in [0.05, 0.1) is 12.0 Å². The third-order valence-corrected chi connectivity index (χ3v) is 4.22. The second kappa shape index (κ2) is 7.15. The van der Waals surface area contributed by atoms with E-state index in [0.29, 0.717) is 12.3 Å². The largest absolute Gasteiger partial charge is 0.343 e. The molecular formula is C16H21N5O. The van der Waals surface area contributed by atoms with Crippen molar-refractivity contribution < 1.29 is 4.79 Å². The van der Waals surface area contributed by atoms with Crippen LogP contribution in [0.1, 0.15) is 37.3 Å². The van der Waals surface area contributed by atoms with Crippen LogP contribution in [0.15, 0.2) is 37.3 Å². The maximum absolute atomic E-state index is 12.2. The van der Waals surface area contributed by atoms with Crippen molar-refractivity contribution in [1.29, 1.82) is 0 Å². The molecule has 22 heavy (non-hydrogen) atoms. The van der Waals surface area contributed by atoms with Gasteiger partial charge in [0.1, 0.15) is 0 Å². The van der Waals surface area contributed by atoms with E-state index in [1.165, 1.54) is 0 Å². The van der Waals surface area contributed by atoms with Crippen LogP contribution in [-0.4, -0.2) is 43.4 Å². The number of carbonyl (C=O) groups is 1. The van der Waals surface area contributed by atoms with Gasteiger partial charge in [0, 0.05) is 63.0 Å². The molecule has 116 valence electrons. The summed E-state index contributed by atoms with van der Waals surface area (Å²) in [6, 6.07) is 0. The first-order valence-electron chi connectivity index (χ1n) is 7.82. The highest BCUT2D eigenvalue weighted by atomic mass is 16.2. The van der Waals surface area contributed by atoms with Crippen molar-refractivity contribution in [2.75, 3.05) is 13.1 Å². The summed E-state index contributed by atoms with van der Waals surface area (Å²) in [6.07, 6.45) is 14.2. The van der Waals surface area contributed by atoms with Gasteiger partial charge in [0.25, 0.3) is 0 Å². The number of piperidine rings is 1. The molecular weight excluding hydrogens is 278 g/mol. The molecule has 0 unspecified atom stereocenters. The highest BCUT2D eigenvalue weighted by Crippen LogP contribution is 2.26. The summed E-state index contributed by atoms with van der Waals surface area (Å²) in [5, 5.41) is 0. The van der Waals surface area contributed by atoms with Gasteiger partial charge in [-0.3, -0.25) is 14.8 Å². The number of aryl methyl sites for hydroxylation is 1. The third kappa shape index (κ3) is 3.69. The fraction of sp³-hybridized carbons (Fsp3) is 0.500. The summed E-state index contributed by atoms with van der Waals surface area (Å²) >= 11 is 0. The number of likely N-dealkylation sites (tertiary alicyclic amines) is 1. The molecule has 0 radical (unpaired) electrons. The topological polar surface area (TPSA) is 63.9 Å². The number of amides is 1. The minimum atomic E-state index is 0.262. The van der Waals surface area contributed by atoms with E-state index in [1.807, 2.05) is 21.9 Å². The van der Waals surface area contributed by atoms with Crippen LogP contribution in [0.25, 0.3) is 0 Å². The Hall–Kier alpha value is -2.24. The molecule has 0 aromatic carbocycles. The van der Waals surface area contributed by atoms with Gasteiger partial charge in [-0.15, -0.1) is 0 Å². The molecule has 3 rings (SSSR count). The molecule has 6 nitrogen and oxygen atoms in total. The van der Waals surface area contributed by atoms with Crippen LogP contribution in [0.5, 0.6) is 0 Å². The number of hydrogen-bond acceptors (Lipinski definition) is 4. The van der Waals surface area contributed by atoms with E-state index in [1.54, 1.807) is 24.9 Å². The molecule has 0 spiro atoms. The number of carbonyl (C=O) groups excluding carboxylic acids is 1. The Morgan fingerprint density at radius 1 is 1.18 bits per heavy atom. The van der Waals surface area contributed by atoms with Crippen LogP contribution < -0.4 is 0 Å². The third-order valence-electron chi connectivity index (χ3n) is 4.22. The van der Waals surface area contributed by atoms with Gasteiger partial charge in [0.15, 0.2) is 0 Å². The van der Waals surface area contributed by atoms with E-state index in [0.717, 1.165) is 44.6 Å². The molecule has 1 aliphatic rings. The lowest BCUT2D eigenvalue weighted by Gasteiger charge is -2.31. The first-order valence-corrected chi connectivity index (χ1v) is 7.82. The van der Waals surface area contributed by atoms with E-state index in [-0.39, 0.29) is 5.91 Å². The fourth-order valence-corrected chi connectivity index (χ4v) is 2.94. The zero-order valence-electron chi connectivity index (χ0n) is 12.6. The molecule has 1 aliphatic heterocycles. The van der Waals surface area contributed by atoms with Gasteiger partial charge in [-0.1, -0.05) is 0 Å². The van der Waals surface area contributed by atoms with Crippen molar-refractivity contribution in [2.45, 2.75) is 38.1 Å². The van der Waals surface area contributed by atoms with E-state index in [2.05, 4.69) is 15.0 Å². The summed E-state index contributed by atoms with van der Waals surface area (Å²) in [5.74, 6) is 0.696. The number of rotatable bonds is 5. The fourth-order valence-electron chi connectivity index (χ4n) is 2.94. The zero-order chi connectivity index (χ0) is 15.2. The highest BCUT2D eigenvalue weighted by molar-refractivity contribution is 5.76. The van der Waals surface area contributed by atoms with Crippen molar-refractivity contribution >= 4 is 5.91 Å². The Bertz CT molecular complexity index is 576. The summed E-state index contributed by atoms with van der Waals surface area (Å²) in [4.78, 5) is 26.7. The second-order valence-corrected chi connectivity index (χ2v) is 5.69.